The van der Waals surface area contributed by atoms with Crippen LogP contribution in [0.25, 0.3) is 22.3 Å². The summed E-state index contributed by atoms with van der Waals surface area (Å²) in [4.78, 5) is 12.7. The quantitative estimate of drug-likeness (QED) is 0.125. The maximum atomic E-state index is 12.7. The van der Waals surface area contributed by atoms with Crippen LogP contribution in [0.5, 0.6) is 23.0 Å². The van der Waals surface area contributed by atoms with Crippen LogP contribution in [0.4, 0.5) is 0 Å². The molecule has 10 N–H and O–H groups in total. The summed E-state index contributed by atoms with van der Waals surface area (Å²) < 4.78 is 27.7. The number of fused-ring (bicyclic) bond motifs is 1. The topological polar surface area (TPSA) is 269 Å². The number of rotatable bonds is 7. The first-order valence-electron chi connectivity index (χ1n) is 13.0. The van der Waals surface area contributed by atoms with Gasteiger partial charge in [-0.15, -0.1) is 0 Å². The van der Waals surface area contributed by atoms with Gasteiger partial charge in [0, 0.05) is 23.8 Å². The van der Waals surface area contributed by atoms with Crippen LogP contribution >= 0.6 is 0 Å². The number of aliphatic hydroxyl groups is 7. The van der Waals surface area contributed by atoms with Gasteiger partial charge >= 0.3 is 0 Å². The molecule has 2 aliphatic heterocycles. The summed E-state index contributed by atoms with van der Waals surface area (Å²) in [6.07, 6.45) is -16.7. The van der Waals surface area contributed by atoms with Crippen LogP contribution < -0.4 is 10.2 Å². The molecule has 0 amide bonds. The minimum atomic E-state index is -1.87. The summed E-state index contributed by atoms with van der Waals surface area (Å²) in [7, 11) is 0. The lowest BCUT2D eigenvalue weighted by molar-refractivity contribution is -0.352. The van der Waals surface area contributed by atoms with Gasteiger partial charge in [-0.1, -0.05) is 0 Å². The van der Waals surface area contributed by atoms with E-state index in [9.17, 15) is 55.9 Å². The molecule has 3 aromatic rings. The molecule has 10 atom stereocenters. The van der Waals surface area contributed by atoms with Gasteiger partial charge in [0.05, 0.1) is 13.2 Å². The number of phenolic OH excluding ortho intramolecular Hbond substituents is 3. The molecule has 0 unspecified atom stereocenters. The summed E-state index contributed by atoms with van der Waals surface area (Å²) in [5.41, 5.74) is -0.588. The average molecular weight is 611 g/mol. The zero-order chi connectivity index (χ0) is 31.2. The van der Waals surface area contributed by atoms with Crippen LogP contribution in [0.3, 0.4) is 0 Å². The Labute approximate surface area is 241 Å². The highest BCUT2D eigenvalue weighted by atomic mass is 16.7. The molecule has 2 fully saturated rings. The first kappa shape index (κ1) is 30.9. The lowest BCUT2D eigenvalue weighted by atomic mass is 9.97. The molecule has 0 saturated carbocycles. The normalized spacial score (nSPS) is 33.0. The van der Waals surface area contributed by atoms with Crippen molar-refractivity contribution in [3.8, 4) is 34.3 Å². The van der Waals surface area contributed by atoms with Crippen molar-refractivity contribution in [2.75, 3.05) is 13.2 Å². The van der Waals surface area contributed by atoms with Gasteiger partial charge in [0.2, 0.25) is 6.29 Å². The highest BCUT2D eigenvalue weighted by Crippen LogP contribution is 2.36. The summed E-state index contributed by atoms with van der Waals surface area (Å²) in [6, 6.07) is 7.01. The van der Waals surface area contributed by atoms with Crippen molar-refractivity contribution < 1.29 is 74.4 Å². The predicted molar refractivity (Wildman–Crippen MR) is 140 cm³/mol. The number of phenols is 3. The van der Waals surface area contributed by atoms with Gasteiger partial charge in [0.1, 0.15) is 77.1 Å². The van der Waals surface area contributed by atoms with E-state index in [1.54, 1.807) is 0 Å². The lowest BCUT2D eigenvalue weighted by Crippen LogP contribution is -2.65. The van der Waals surface area contributed by atoms with E-state index in [0.29, 0.717) is 0 Å². The maximum absolute atomic E-state index is 12.7. The van der Waals surface area contributed by atoms with E-state index in [-0.39, 0.29) is 28.0 Å². The summed E-state index contributed by atoms with van der Waals surface area (Å²) in [6.45, 7) is -1.54. The Bertz CT molecular complexity index is 1500. The molecule has 2 saturated heterocycles. The molecular formula is C27H30O16. The van der Waals surface area contributed by atoms with Crippen molar-refractivity contribution in [3.05, 3.63) is 46.6 Å². The smallest absolute Gasteiger partial charge is 0.229 e. The van der Waals surface area contributed by atoms with Crippen LogP contribution in [0.15, 0.2) is 45.6 Å². The Hall–Kier alpha value is -3.55. The highest BCUT2D eigenvalue weighted by Gasteiger charge is 2.51. The van der Waals surface area contributed by atoms with Crippen molar-refractivity contribution >= 4 is 11.0 Å². The van der Waals surface area contributed by atoms with Crippen molar-refractivity contribution in [1.29, 1.82) is 0 Å². The monoisotopic (exact) mass is 610 g/mol. The number of benzene rings is 2. The average Bonchev–Trinajstić information content (AvgIpc) is 2.97. The van der Waals surface area contributed by atoms with E-state index >= 15 is 0 Å². The van der Waals surface area contributed by atoms with E-state index in [2.05, 4.69) is 0 Å². The second-order valence-electron chi connectivity index (χ2n) is 10.1. The number of aromatic hydroxyl groups is 3. The zero-order valence-electron chi connectivity index (χ0n) is 22.1. The van der Waals surface area contributed by atoms with Gasteiger partial charge in [0.15, 0.2) is 23.2 Å². The summed E-state index contributed by atoms with van der Waals surface area (Å²) in [5, 5.41) is 101. The molecule has 43 heavy (non-hydrogen) atoms. The molecule has 2 aliphatic rings. The summed E-state index contributed by atoms with van der Waals surface area (Å²) in [5.74, 6) is -1.64. The molecule has 1 aromatic heterocycles. The SMILES string of the molecule is O=c1cc(-c2ccc(O)c(O)c2)oc2cc(O[C@@H]3O[C@@H](CO)[C@H](O[C@H]4O[C@H](CO)[C@@H](O)[C@H](O)[C@H]4O)[C@@H](O)[C@H]3O)cc(O)c12. The third-order valence-electron chi connectivity index (χ3n) is 7.26. The molecule has 5 rings (SSSR count). The van der Waals surface area contributed by atoms with Crippen LogP contribution in [0.2, 0.25) is 0 Å². The first-order valence-corrected chi connectivity index (χ1v) is 13.0. The van der Waals surface area contributed by atoms with E-state index < -0.39 is 97.3 Å². The minimum absolute atomic E-state index is 0.0257. The molecule has 234 valence electrons. The Balaban J connectivity index is 1.38. The Morgan fingerprint density at radius 2 is 1.37 bits per heavy atom. The van der Waals surface area contributed by atoms with Gasteiger partial charge in [-0.3, -0.25) is 4.79 Å². The fourth-order valence-electron chi connectivity index (χ4n) is 4.92. The standard InChI is InChI=1S/C27H30O16/c28-7-17-20(34)21(35)23(37)27(41-17)43-25-18(8-29)42-26(24(38)22(25)36)39-10-4-13(32)19-14(33)6-15(40-16(19)5-10)9-1-2-11(30)12(31)3-9/h1-6,17-18,20-32,34-38H,7-8H2/t17-,18+,20-,21+,22+,23-,24-,25+,26-,27-/m1/s1. The second kappa shape index (κ2) is 12.2. The van der Waals surface area contributed by atoms with Gasteiger partial charge in [-0.05, 0) is 18.2 Å². The second-order valence-corrected chi connectivity index (χ2v) is 10.1. The highest BCUT2D eigenvalue weighted by molar-refractivity contribution is 5.86. The van der Waals surface area contributed by atoms with Crippen LogP contribution in [-0.4, -0.2) is 126 Å². The molecule has 0 spiro atoms. The number of hydrogen-bond acceptors (Lipinski definition) is 16. The Kier molecular flexibility index (Phi) is 8.77. The van der Waals surface area contributed by atoms with Crippen molar-refractivity contribution in [2.45, 2.75) is 61.4 Å². The number of ether oxygens (including phenoxy) is 4. The third kappa shape index (κ3) is 5.85. The molecule has 0 aliphatic carbocycles. The Morgan fingerprint density at radius 3 is 2.05 bits per heavy atom. The largest absolute Gasteiger partial charge is 0.507 e. The van der Waals surface area contributed by atoms with E-state index in [1.165, 1.54) is 18.2 Å². The molecule has 16 nitrogen and oxygen atoms in total. The van der Waals surface area contributed by atoms with Crippen molar-refractivity contribution in [3.63, 3.8) is 0 Å². The van der Waals surface area contributed by atoms with E-state index in [4.69, 9.17) is 23.4 Å². The lowest BCUT2D eigenvalue weighted by Gasteiger charge is -2.45. The Morgan fingerprint density at radius 1 is 0.698 bits per heavy atom. The molecule has 0 bridgehead atoms. The number of aliphatic hydroxyl groups excluding tert-OH is 7. The molecular weight excluding hydrogens is 580 g/mol. The van der Waals surface area contributed by atoms with Crippen LogP contribution in [-0.2, 0) is 14.2 Å². The molecule has 2 aromatic carbocycles. The van der Waals surface area contributed by atoms with Crippen molar-refractivity contribution in [1.82, 2.24) is 0 Å². The van der Waals surface area contributed by atoms with Crippen LogP contribution in [0.1, 0.15) is 0 Å². The zero-order valence-corrected chi connectivity index (χ0v) is 22.1. The number of hydrogen-bond donors (Lipinski definition) is 10. The molecule has 0 radical (unpaired) electrons. The van der Waals surface area contributed by atoms with Gasteiger partial charge in [0.25, 0.3) is 0 Å². The molecule has 3 heterocycles. The van der Waals surface area contributed by atoms with E-state index in [1.807, 2.05) is 0 Å². The fraction of sp³-hybridized carbons (Fsp3) is 0.444. The van der Waals surface area contributed by atoms with Crippen LogP contribution in [0, 0.1) is 0 Å². The maximum Gasteiger partial charge on any atom is 0.229 e. The molecule has 16 heteroatoms. The van der Waals surface area contributed by atoms with E-state index in [0.717, 1.165) is 18.2 Å². The van der Waals surface area contributed by atoms with Gasteiger partial charge in [-0.2, -0.15) is 0 Å². The summed E-state index contributed by atoms with van der Waals surface area (Å²) >= 11 is 0. The minimum Gasteiger partial charge on any atom is -0.507 e. The third-order valence-corrected chi connectivity index (χ3v) is 7.26. The van der Waals surface area contributed by atoms with Gasteiger partial charge in [-0.25, -0.2) is 0 Å². The predicted octanol–water partition coefficient (Wildman–Crippen LogP) is -2.42. The van der Waals surface area contributed by atoms with Gasteiger partial charge < -0.3 is 74.4 Å². The van der Waals surface area contributed by atoms with Crippen molar-refractivity contribution in [2.24, 2.45) is 0 Å². The fourth-order valence-corrected chi connectivity index (χ4v) is 4.92. The first-order chi connectivity index (χ1) is 20.4.